The van der Waals surface area contributed by atoms with E-state index in [9.17, 15) is 4.79 Å². The molecule has 0 saturated carbocycles. The standard InChI is InChI=1S/C14H17N3O3/c1-10-5-6-11(14-17-15-9-20-14)8-12(10)16-13(19)4-2-3-7-18/h5-6,8-9,18H,2-4,7H2,1H3,(H,16,19). The van der Waals surface area contributed by atoms with Crippen LogP contribution < -0.4 is 5.32 Å². The zero-order chi connectivity index (χ0) is 14.4. The third kappa shape index (κ3) is 3.64. The lowest BCUT2D eigenvalue weighted by Gasteiger charge is -2.09. The molecular weight excluding hydrogens is 258 g/mol. The minimum atomic E-state index is -0.0655. The maximum atomic E-state index is 11.8. The number of nitrogens with one attached hydrogen (secondary N) is 1. The van der Waals surface area contributed by atoms with E-state index in [1.54, 1.807) is 0 Å². The molecule has 2 N–H and O–H groups in total. The van der Waals surface area contributed by atoms with Crippen LogP contribution in [0, 0.1) is 6.92 Å². The third-order valence-electron chi connectivity index (χ3n) is 2.93. The molecule has 1 amide bonds. The van der Waals surface area contributed by atoms with Crippen molar-refractivity contribution in [3.8, 4) is 11.5 Å². The molecule has 2 rings (SSSR count). The van der Waals surface area contributed by atoms with Crippen LogP contribution in [0.5, 0.6) is 0 Å². The van der Waals surface area contributed by atoms with Gasteiger partial charge in [0.05, 0.1) is 0 Å². The zero-order valence-electron chi connectivity index (χ0n) is 11.3. The van der Waals surface area contributed by atoms with Crippen molar-refractivity contribution >= 4 is 11.6 Å². The van der Waals surface area contributed by atoms with Crippen molar-refractivity contribution in [2.75, 3.05) is 11.9 Å². The van der Waals surface area contributed by atoms with E-state index in [2.05, 4.69) is 15.5 Å². The fourth-order valence-electron chi connectivity index (χ4n) is 1.80. The SMILES string of the molecule is Cc1ccc(-c2nnco2)cc1NC(=O)CCCCO. The van der Waals surface area contributed by atoms with Crippen LogP contribution >= 0.6 is 0 Å². The van der Waals surface area contributed by atoms with Crippen molar-refractivity contribution in [1.82, 2.24) is 10.2 Å². The van der Waals surface area contributed by atoms with Crippen LogP contribution in [0.1, 0.15) is 24.8 Å². The molecule has 0 aliphatic rings. The maximum Gasteiger partial charge on any atom is 0.247 e. The van der Waals surface area contributed by atoms with Crippen molar-refractivity contribution in [3.63, 3.8) is 0 Å². The lowest BCUT2D eigenvalue weighted by atomic mass is 10.1. The van der Waals surface area contributed by atoms with Gasteiger partial charge in [-0.05, 0) is 37.5 Å². The van der Waals surface area contributed by atoms with Gasteiger partial charge < -0.3 is 14.8 Å². The maximum absolute atomic E-state index is 11.8. The number of rotatable bonds is 6. The van der Waals surface area contributed by atoms with Crippen LogP contribution in [0.4, 0.5) is 5.69 Å². The summed E-state index contributed by atoms with van der Waals surface area (Å²) in [5, 5.41) is 19.0. The van der Waals surface area contributed by atoms with Gasteiger partial charge in [-0.15, -0.1) is 10.2 Å². The number of aryl methyl sites for hydroxylation is 1. The van der Waals surface area contributed by atoms with Crippen LogP contribution in [0.25, 0.3) is 11.5 Å². The quantitative estimate of drug-likeness (QED) is 0.788. The first kappa shape index (κ1) is 14.2. The van der Waals surface area contributed by atoms with Gasteiger partial charge in [-0.25, -0.2) is 0 Å². The Labute approximate surface area is 116 Å². The van der Waals surface area contributed by atoms with E-state index < -0.39 is 0 Å². The van der Waals surface area contributed by atoms with Crippen molar-refractivity contribution in [2.45, 2.75) is 26.2 Å². The molecular formula is C14H17N3O3. The summed E-state index contributed by atoms with van der Waals surface area (Å²) in [4.78, 5) is 11.8. The zero-order valence-corrected chi connectivity index (χ0v) is 11.3. The number of unbranched alkanes of at least 4 members (excludes halogenated alkanes) is 1. The number of hydrogen-bond donors (Lipinski definition) is 2. The molecule has 2 aromatic rings. The van der Waals surface area contributed by atoms with Gasteiger partial charge in [0, 0.05) is 24.3 Å². The average molecular weight is 275 g/mol. The molecule has 0 unspecified atom stereocenters. The van der Waals surface area contributed by atoms with Crippen LogP contribution in [0.3, 0.4) is 0 Å². The Morgan fingerprint density at radius 2 is 2.25 bits per heavy atom. The number of carbonyl (C=O) groups excluding carboxylic acids is 1. The first-order valence-corrected chi connectivity index (χ1v) is 6.48. The number of nitrogens with zero attached hydrogens (tertiary/aromatic N) is 2. The fraction of sp³-hybridized carbons (Fsp3) is 0.357. The molecule has 1 aromatic carbocycles. The molecule has 0 saturated heterocycles. The van der Waals surface area contributed by atoms with Gasteiger partial charge in [-0.2, -0.15) is 0 Å². The number of carbonyl (C=O) groups is 1. The molecule has 1 aromatic heterocycles. The lowest BCUT2D eigenvalue weighted by molar-refractivity contribution is -0.116. The van der Waals surface area contributed by atoms with Crippen LogP contribution in [-0.4, -0.2) is 27.8 Å². The molecule has 0 fully saturated rings. The monoisotopic (exact) mass is 275 g/mol. The molecule has 106 valence electrons. The van der Waals surface area contributed by atoms with E-state index in [-0.39, 0.29) is 12.5 Å². The topological polar surface area (TPSA) is 88.3 Å². The summed E-state index contributed by atoms with van der Waals surface area (Å²) >= 11 is 0. The van der Waals surface area contributed by atoms with Crippen LogP contribution in [0.15, 0.2) is 29.0 Å². The Hall–Kier alpha value is -2.21. The van der Waals surface area contributed by atoms with Gasteiger partial charge in [-0.3, -0.25) is 4.79 Å². The van der Waals surface area contributed by atoms with Crippen LogP contribution in [0.2, 0.25) is 0 Å². The first-order chi connectivity index (χ1) is 9.70. The van der Waals surface area contributed by atoms with Crippen molar-refractivity contribution in [2.24, 2.45) is 0 Å². The van der Waals surface area contributed by atoms with Gasteiger partial charge in [0.2, 0.25) is 18.2 Å². The van der Waals surface area contributed by atoms with Gasteiger partial charge in [0.25, 0.3) is 0 Å². The second-order valence-electron chi connectivity index (χ2n) is 4.50. The third-order valence-corrected chi connectivity index (χ3v) is 2.93. The summed E-state index contributed by atoms with van der Waals surface area (Å²) < 4.78 is 5.14. The normalized spacial score (nSPS) is 10.5. The molecule has 0 spiro atoms. The van der Waals surface area contributed by atoms with Crippen LogP contribution in [-0.2, 0) is 4.79 Å². The molecule has 6 nitrogen and oxygen atoms in total. The van der Waals surface area contributed by atoms with Gasteiger partial charge in [-0.1, -0.05) is 6.07 Å². The second-order valence-corrected chi connectivity index (χ2v) is 4.50. The van der Waals surface area contributed by atoms with Gasteiger partial charge in [0.15, 0.2) is 0 Å². The lowest BCUT2D eigenvalue weighted by Crippen LogP contribution is -2.12. The summed E-state index contributed by atoms with van der Waals surface area (Å²) in [6, 6.07) is 5.57. The number of benzene rings is 1. The Bertz CT molecular complexity index is 567. The number of aliphatic hydroxyl groups is 1. The van der Waals surface area contributed by atoms with Gasteiger partial charge >= 0.3 is 0 Å². The Morgan fingerprint density at radius 3 is 2.95 bits per heavy atom. The predicted octanol–water partition coefficient (Wildman–Crippen LogP) is 2.15. The number of hydrogen-bond acceptors (Lipinski definition) is 5. The predicted molar refractivity (Wildman–Crippen MR) is 74.0 cm³/mol. The average Bonchev–Trinajstić information content (AvgIpc) is 2.95. The summed E-state index contributed by atoms with van der Waals surface area (Å²) in [7, 11) is 0. The highest BCUT2D eigenvalue weighted by Gasteiger charge is 2.09. The van der Waals surface area contributed by atoms with E-state index in [0.717, 1.165) is 16.8 Å². The molecule has 1 heterocycles. The Kier molecular flexibility index (Phi) is 4.84. The molecule has 0 bridgehead atoms. The Morgan fingerprint density at radius 1 is 1.40 bits per heavy atom. The van der Waals surface area contributed by atoms with E-state index in [0.29, 0.717) is 25.2 Å². The number of aliphatic hydroxyl groups excluding tert-OH is 1. The van der Waals surface area contributed by atoms with E-state index in [1.807, 2.05) is 25.1 Å². The number of anilines is 1. The fourth-order valence-corrected chi connectivity index (χ4v) is 1.80. The molecule has 0 radical (unpaired) electrons. The highest BCUT2D eigenvalue weighted by molar-refractivity contribution is 5.92. The summed E-state index contributed by atoms with van der Waals surface area (Å²) in [5.74, 6) is 0.352. The molecule has 0 aliphatic carbocycles. The van der Waals surface area contributed by atoms with E-state index in [1.165, 1.54) is 6.39 Å². The molecule has 0 atom stereocenters. The highest BCUT2D eigenvalue weighted by Crippen LogP contribution is 2.24. The molecule has 6 heteroatoms. The summed E-state index contributed by atoms with van der Waals surface area (Å²) in [5.41, 5.74) is 2.46. The minimum absolute atomic E-state index is 0.0655. The van der Waals surface area contributed by atoms with Gasteiger partial charge in [0.1, 0.15) is 0 Å². The van der Waals surface area contributed by atoms with Crippen molar-refractivity contribution in [3.05, 3.63) is 30.2 Å². The molecule has 20 heavy (non-hydrogen) atoms. The van der Waals surface area contributed by atoms with E-state index >= 15 is 0 Å². The van der Waals surface area contributed by atoms with E-state index in [4.69, 9.17) is 9.52 Å². The minimum Gasteiger partial charge on any atom is -0.423 e. The smallest absolute Gasteiger partial charge is 0.247 e. The second kappa shape index (κ2) is 6.81. The van der Waals surface area contributed by atoms with Crippen molar-refractivity contribution < 1.29 is 14.3 Å². The van der Waals surface area contributed by atoms with Crippen molar-refractivity contribution in [1.29, 1.82) is 0 Å². The highest BCUT2D eigenvalue weighted by atomic mass is 16.4. The Balaban J connectivity index is 2.07. The summed E-state index contributed by atoms with van der Waals surface area (Å²) in [6.07, 6.45) is 2.96. The number of aromatic nitrogens is 2. The first-order valence-electron chi connectivity index (χ1n) is 6.48. The number of amides is 1. The summed E-state index contributed by atoms with van der Waals surface area (Å²) in [6.45, 7) is 2.03. The molecule has 0 aliphatic heterocycles. The largest absolute Gasteiger partial charge is 0.423 e.